The molecule has 0 aliphatic rings. The maximum atomic E-state index is 12.1. The quantitative estimate of drug-likeness (QED) is 0.936. The molecule has 0 aliphatic heterocycles. The van der Waals surface area contributed by atoms with Gasteiger partial charge in [-0.05, 0) is 37.1 Å². The Morgan fingerprint density at radius 1 is 1.19 bits per heavy atom. The number of amides is 1. The van der Waals surface area contributed by atoms with Crippen molar-refractivity contribution in [3.63, 3.8) is 0 Å². The minimum atomic E-state index is -0.323. The second-order valence-electron chi connectivity index (χ2n) is 4.82. The highest BCUT2D eigenvalue weighted by molar-refractivity contribution is 5.92. The summed E-state index contributed by atoms with van der Waals surface area (Å²) in [6, 6.07) is 9.04. The van der Waals surface area contributed by atoms with E-state index < -0.39 is 0 Å². The van der Waals surface area contributed by atoms with Crippen LogP contribution in [0.4, 0.5) is 5.69 Å². The third kappa shape index (κ3) is 3.31. The molecule has 0 radical (unpaired) electrons. The normalized spacial score (nSPS) is 10.2. The first kappa shape index (κ1) is 14.8. The molecule has 0 aliphatic carbocycles. The fourth-order valence-corrected chi connectivity index (χ4v) is 2.14. The number of anilines is 1. The summed E-state index contributed by atoms with van der Waals surface area (Å²) < 4.78 is 6.28. The first-order valence-corrected chi connectivity index (χ1v) is 6.62. The van der Waals surface area contributed by atoms with E-state index in [1.807, 2.05) is 32.0 Å². The van der Waals surface area contributed by atoms with Crippen molar-refractivity contribution in [2.24, 2.45) is 0 Å². The van der Waals surface area contributed by atoms with Gasteiger partial charge in [0, 0.05) is 11.9 Å². The largest absolute Gasteiger partial charge is 0.491 e. The number of methoxy groups -OCH3 is 1. The zero-order valence-corrected chi connectivity index (χ0v) is 12.3. The Morgan fingerprint density at radius 2 is 1.86 bits per heavy atom. The molecule has 1 aromatic heterocycles. The van der Waals surface area contributed by atoms with Crippen LogP contribution >= 0.6 is 0 Å². The van der Waals surface area contributed by atoms with Crippen LogP contribution in [0.5, 0.6) is 5.75 Å². The van der Waals surface area contributed by atoms with Crippen molar-refractivity contribution in [1.82, 2.24) is 4.57 Å². The maximum Gasteiger partial charge on any atom is 0.293 e. The van der Waals surface area contributed by atoms with Gasteiger partial charge in [-0.25, -0.2) is 0 Å². The number of pyridine rings is 1. The average Bonchev–Trinajstić information content (AvgIpc) is 2.45. The Balaban J connectivity index is 2.18. The van der Waals surface area contributed by atoms with Gasteiger partial charge >= 0.3 is 0 Å². The molecule has 0 saturated carbocycles. The van der Waals surface area contributed by atoms with Crippen LogP contribution in [0.15, 0.2) is 41.3 Å². The number of hydrogen-bond donors (Lipinski definition) is 1. The summed E-state index contributed by atoms with van der Waals surface area (Å²) in [5.74, 6) is -0.0277. The monoisotopic (exact) mass is 286 g/mol. The molecule has 1 heterocycles. The average molecular weight is 286 g/mol. The van der Waals surface area contributed by atoms with Crippen LogP contribution in [-0.2, 0) is 11.3 Å². The van der Waals surface area contributed by atoms with Crippen LogP contribution in [-0.4, -0.2) is 17.6 Å². The molecule has 0 atom stereocenters. The predicted molar refractivity (Wildman–Crippen MR) is 81.8 cm³/mol. The number of carbonyl (C=O) groups excluding carboxylic acids is 1. The van der Waals surface area contributed by atoms with E-state index in [9.17, 15) is 9.59 Å². The fraction of sp³-hybridized carbons (Fsp3) is 0.250. The Morgan fingerprint density at radius 3 is 2.48 bits per heavy atom. The topological polar surface area (TPSA) is 60.3 Å². The zero-order valence-electron chi connectivity index (χ0n) is 12.3. The molecule has 110 valence electrons. The number of nitrogens with one attached hydrogen (secondary N) is 1. The van der Waals surface area contributed by atoms with Gasteiger partial charge < -0.3 is 14.6 Å². The second kappa shape index (κ2) is 6.26. The SMILES string of the molecule is COc1cccn(CC(=O)Nc2c(C)cccc2C)c1=O. The summed E-state index contributed by atoms with van der Waals surface area (Å²) in [4.78, 5) is 24.1. The van der Waals surface area contributed by atoms with Crippen LogP contribution in [0.1, 0.15) is 11.1 Å². The highest BCUT2D eigenvalue weighted by Gasteiger charge is 2.10. The molecule has 2 rings (SSSR count). The fourth-order valence-electron chi connectivity index (χ4n) is 2.14. The Bertz CT molecular complexity index is 699. The van der Waals surface area contributed by atoms with Crippen molar-refractivity contribution in [2.75, 3.05) is 12.4 Å². The van der Waals surface area contributed by atoms with Gasteiger partial charge in [0.15, 0.2) is 5.75 Å². The Labute approximate surface area is 123 Å². The summed E-state index contributed by atoms with van der Waals surface area (Å²) in [6.45, 7) is 3.81. The van der Waals surface area contributed by atoms with Gasteiger partial charge in [0.2, 0.25) is 5.91 Å². The van der Waals surface area contributed by atoms with Crippen molar-refractivity contribution < 1.29 is 9.53 Å². The van der Waals surface area contributed by atoms with Crippen LogP contribution in [0.3, 0.4) is 0 Å². The van der Waals surface area contributed by atoms with Crippen molar-refractivity contribution >= 4 is 11.6 Å². The number of hydrogen-bond acceptors (Lipinski definition) is 3. The number of para-hydroxylation sites is 1. The molecule has 21 heavy (non-hydrogen) atoms. The lowest BCUT2D eigenvalue weighted by atomic mass is 10.1. The van der Waals surface area contributed by atoms with Gasteiger partial charge in [0.25, 0.3) is 5.56 Å². The number of aromatic nitrogens is 1. The van der Waals surface area contributed by atoms with E-state index in [-0.39, 0.29) is 23.8 Å². The van der Waals surface area contributed by atoms with Crippen LogP contribution in [0, 0.1) is 13.8 Å². The molecule has 1 aromatic carbocycles. The van der Waals surface area contributed by atoms with Gasteiger partial charge in [-0.3, -0.25) is 9.59 Å². The summed E-state index contributed by atoms with van der Waals surface area (Å²) in [5, 5.41) is 2.85. The van der Waals surface area contributed by atoms with Gasteiger partial charge in [-0.15, -0.1) is 0 Å². The number of rotatable bonds is 4. The van der Waals surface area contributed by atoms with Gasteiger partial charge in [0.1, 0.15) is 6.54 Å². The first-order chi connectivity index (χ1) is 10.0. The molecule has 1 N–H and O–H groups in total. The van der Waals surface area contributed by atoms with E-state index in [4.69, 9.17) is 4.74 Å². The molecule has 0 saturated heterocycles. The van der Waals surface area contributed by atoms with E-state index in [1.54, 1.807) is 18.3 Å². The van der Waals surface area contributed by atoms with Crippen LogP contribution in [0.2, 0.25) is 0 Å². The Kier molecular flexibility index (Phi) is 4.42. The number of nitrogens with zero attached hydrogens (tertiary/aromatic N) is 1. The van der Waals surface area contributed by atoms with E-state index in [0.717, 1.165) is 16.8 Å². The molecule has 0 spiro atoms. The molecular formula is C16H18N2O3. The summed E-state index contributed by atoms with van der Waals surface area (Å²) in [5.41, 5.74) is 2.44. The predicted octanol–water partition coefficient (Wildman–Crippen LogP) is 2.11. The summed E-state index contributed by atoms with van der Waals surface area (Å²) in [6.07, 6.45) is 1.56. The van der Waals surface area contributed by atoms with E-state index in [1.165, 1.54) is 11.7 Å². The van der Waals surface area contributed by atoms with E-state index in [2.05, 4.69) is 5.32 Å². The van der Waals surface area contributed by atoms with Crippen molar-refractivity contribution in [3.8, 4) is 5.75 Å². The summed E-state index contributed by atoms with van der Waals surface area (Å²) in [7, 11) is 1.43. The number of carbonyl (C=O) groups is 1. The molecule has 5 heteroatoms. The molecule has 0 fully saturated rings. The molecule has 0 bridgehead atoms. The smallest absolute Gasteiger partial charge is 0.293 e. The van der Waals surface area contributed by atoms with Gasteiger partial charge in [0.05, 0.1) is 7.11 Å². The third-order valence-corrected chi connectivity index (χ3v) is 3.26. The highest BCUT2D eigenvalue weighted by atomic mass is 16.5. The lowest BCUT2D eigenvalue weighted by Crippen LogP contribution is -2.28. The lowest BCUT2D eigenvalue weighted by molar-refractivity contribution is -0.116. The van der Waals surface area contributed by atoms with E-state index >= 15 is 0 Å². The van der Waals surface area contributed by atoms with Gasteiger partial charge in [-0.1, -0.05) is 18.2 Å². The number of ether oxygens (including phenoxy) is 1. The molecule has 5 nitrogen and oxygen atoms in total. The minimum Gasteiger partial charge on any atom is -0.491 e. The number of benzene rings is 1. The highest BCUT2D eigenvalue weighted by Crippen LogP contribution is 2.19. The molecule has 1 amide bonds. The number of aryl methyl sites for hydroxylation is 2. The lowest BCUT2D eigenvalue weighted by Gasteiger charge is -2.12. The molecule has 0 unspecified atom stereocenters. The molecule has 2 aromatic rings. The zero-order chi connectivity index (χ0) is 15.4. The summed E-state index contributed by atoms with van der Waals surface area (Å²) >= 11 is 0. The third-order valence-electron chi connectivity index (χ3n) is 3.26. The first-order valence-electron chi connectivity index (χ1n) is 6.62. The van der Waals surface area contributed by atoms with E-state index in [0.29, 0.717) is 0 Å². The molecular weight excluding hydrogens is 268 g/mol. The van der Waals surface area contributed by atoms with Crippen LogP contribution in [0.25, 0.3) is 0 Å². The Hall–Kier alpha value is -2.56. The van der Waals surface area contributed by atoms with Crippen LogP contribution < -0.4 is 15.6 Å². The second-order valence-corrected chi connectivity index (χ2v) is 4.82. The van der Waals surface area contributed by atoms with Crippen molar-refractivity contribution in [1.29, 1.82) is 0 Å². The van der Waals surface area contributed by atoms with Crippen molar-refractivity contribution in [3.05, 3.63) is 58.0 Å². The standard InChI is InChI=1S/C16H18N2O3/c1-11-6-4-7-12(2)15(11)17-14(19)10-18-9-5-8-13(21-3)16(18)20/h4-9H,10H2,1-3H3,(H,17,19). The minimum absolute atomic E-state index is 0.0518. The maximum absolute atomic E-state index is 12.1. The van der Waals surface area contributed by atoms with Gasteiger partial charge in [-0.2, -0.15) is 0 Å². The van der Waals surface area contributed by atoms with Crippen molar-refractivity contribution in [2.45, 2.75) is 20.4 Å².